The van der Waals surface area contributed by atoms with Gasteiger partial charge in [-0.15, -0.1) is 0 Å². The van der Waals surface area contributed by atoms with Gasteiger partial charge in [0.25, 0.3) is 0 Å². The molecular formula is C24H30FN5O2. The number of carbonyl (C=O) groups is 1. The molecule has 2 aromatic rings. The van der Waals surface area contributed by atoms with Crippen LogP contribution >= 0.6 is 0 Å². The van der Waals surface area contributed by atoms with Crippen molar-refractivity contribution < 1.29 is 13.9 Å². The van der Waals surface area contributed by atoms with E-state index in [4.69, 9.17) is 10.5 Å². The van der Waals surface area contributed by atoms with Crippen molar-refractivity contribution in [2.75, 3.05) is 62.4 Å². The summed E-state index contributed by atoms with van der Waals surface area (Å²) in [5.74, 6) is -0.446. The van der Waals surface area contributed by atoms with Crippen LogP contribution in [-0.4, -0.2) is 63.6 Å². The summed E-state index contributed by atoms with van der Waals surface area (Å²) in [6.45, 7) is 6.04. The van der Waals surface area contributed by atoms with Crippen LogP contribution in [0.25, 0.3) is 11.1 Å². The number of amides is 2. The molecule has 2 aliphatic heterocycles. The third-order valence-corrected chi connectivity index (χ3v) is 6.07. The van der Waals surface area contributed by atoms with Gasteiger partial charge in [0, 0.05) is 45.0 Å². The predicted octanol–water partition coefficient (Wildman–Crippen LogP) is 3.90. The first-order valence-electron chi connectivity index (χ1n) is 11.0. The lowest BCUT2D eigenvalue weighted by molar-refractivity contribution is 0.123. The van der Waals surface area contributed by atoms with Gasteiger partial charge in [0.1, 0.15) is 5.82 Å². The number of hydrogen-bond acceptors (Lipinski definition) is 5. The van der Waals surface area contributed by atoms with Crippen LogP contribution in [0.5, 0.6) is 0 Å². The molecule has 0 unspecified atom stereocenters. The van der Waals surface area contributed by atoms with Gasteiger partial charge in [0.05, 0.1) is 30.3 Å². The minimum Gasteiger partial charge on any atom is -0.397 e. The fourth-order valence-electron chi connectivity index (χ4n) is 4.32. The van der Waals surface area contributed by atoms with Crippen LogP contribution in [0, 0.1) is 12.7 Å². The third-order valence-electron chi connectivity index (χ3n) is 6.07. The summed E-state index contributed by atoms with van der Waals surface area (Å²) >= 11 is 0. The molecule has 170 valence electrons. The zero-order valence-corrected chi connectivity index (χ0v) is 18.7. The summed E-state index contributed by atoms with van der Waals surface area (Å²) in [4.78, 5) is 20.6. The molecule has 0 saturated carbocycles. The minimum atomic E-state index is -0.446. The van der Waals surface area contributed by atoms with E-state index in [-0.39, 0.29) is 11.7 Å². The number of benzene rings is 2. The second-order valence-corrected chi connectivity index (χ2v) is 8.26. The van der Waals surface area contributed by atoms with Gasteiger partial charge in [-0.05, 0) is 60.7 Å². The maximum absolute atomic E-state index is 14.7. The number of aryl methyl sites for hydroxylation is 1. The number of nitrogens with two attached hydrogens (primary N) is 1. The molecule has 0 atom stereocenters. The van der Waals surface area contributed by atoms with Crippen molar-refractivity contribution in [1.82, 2.24) is 4.90 Å². The highest BCUT2D eigenvalue weighted by atomic mass is 19.1. The number of ether oxygens (including phenoxy) is 1. The fourth-order valence-corrected chi connectivity index (χ4v) is 4.32. The number of morpholine rings is 1. The van der Waals surface area contributed by atoms with Crippen LogP contribution in [0.3, 0.4) is 0 Å². The summed E-state index contributed by atoms with van der Waals surface area (Å²) in [6, 6.07) is 6.90. The monoisotopic (exact) mass is 439 g/mol. The molecule has 2 aliphatic rings. The molecule has 2 amide bonds. The Morgan fingerprint density at radius 3 is 2.56 bits per heavy atom. The highest BCUT2D eigenvalue weighted by Crippen LogP contribution is 2.36. The largest absolute Gasteiger partial charge is 0.397 e. The highest BCUT2D eigenvalue weighted by molar-refractivity contribution is 5.96. The van der Waals surface area contributed by atoms with Crippen molar-refractivity contribution >= 4 is 29.3 Å². The molecule has 0 radical (unpaired) electrons. The number of halogens is 1. The molecule has 0 aromatic heterocycles. The Hall–Kier alpha value is -3.13. The number of nitrogen functional groups attached to an aromatic ring is 1. The normalized spacial score (nSPS) is 16.7. The van der Waals surface area contributed by atoms with E-state index < -0.39 is 5.82 Å². The van der Waals surface area contributed by atoms with Crippen LogP contribution in [0.15, 0.2) is 29.3 Å². The zero-order valence-electron chi connectivity index (χ0n) is 18.7. The average Bonchev–Trinajstić information content (AvgIpc) is 3.33. The summed E-state index contributed by atoms with van der Waals surface area (Å²) in [6.07, 6.45) is 3.69. The number of aliphatic imine (C=N–C) groups is 1. The molecule has 3 N–H and O–H groups in total. The molecule has 4 rings (SSSR count). The molecule has 32 heavy (non-hydrogen) atoms. The molecule has 2 heterocycles. The van der Waals surface area contributed by atoms with E-state index in [1.54, 1.807) is 24.2 Å². The van der Waals surface area contributed by atoms with Crippen molar-refractivity contribution in [1.29, 1.82) is 0 Å². The molecule has 0 aliphatic carbocycles. The highest BCUT2D eigenvalue weighted by Gasteiger charge is 2.21. The Balaban J connectivity index is 1.74. The number of nitrogens with zero attached hydrogens (tertiary/aromatic N) is 3. The van der Waals surface area contributed by atoms with Gasteiger partial charge in [0.2, 0.25) is 0 Å². The Labute approximate surface area is 188 Å². The quantitative estimate of drug-likeness (QED) is 0.559. The maximum Gasteiger partial charge on any atom is 0.321 e. The van der Waals surface area contributed by atoms with E-state index in [1.807, 2.05) is 19.1 Å². The van der Waals surface area contributed by atoms with Crippen molar-refractivity contribution in [2.24, 2.45) is 4.99 Å². The molecule has 0 spiro atoms. The summed E-state index contributed by atoms with van der Waals surface area (Å²) in [5.41, 5.74) is 11.5. The maximum atomic E-state index is 14.7. The minimum absolute atomic E-state index is 0.179. The van der Waals surface area contributed by atoms with Gasteiger partial charge in [-0.3, -0.25) is 4.99 Å². The molecule has 2 fully saturated rings. The zero-order chi connectivity index (χ0) is 22.7. The van der Waals surface area contributed by atoms with E-state index >= 15 is 0 Å². The standard InChI is InChI=1S/C24H30FN5O2/c1-16-11-20(25)21(28-24(31)30-5-3-4-6-30)14-19(16)17-12-18(15-27-2)23(26)22(13-17)29-7-9-32-10-8-29/h11-15H,3-10,26H2,1-2H3,(H,28,31). The van der Waals surface area contributed by atoms with Crippen LogP contribution in [-0.2, 0) is 4.74 Å². The smallest absolute Gasteiger partial charge is 0.321 e. The first-order valence-corrected chi connectivity index (χ1v) is 11.0. The van der Waals surface area contributed by atoms with E-state index in [0.717, 1.165) is 53.9 Å². The number of rotatable bonds is 4. The first kappa shape index (κ1) is 22.1. The Kier molecular flexibility index (Phi) is 6.60. The van der Waals surface area contributed by atoms with Crippen molar-refractivity contribution in [2.45, 2.75) is 19.8 Å². The van der Waals surface area contributed by atoms with Crippen LogP contribution < -0.4 is 16.0 Å². The lowest BCUT2D eigenvalue weighted by Gasteiger charge is -2.31. The summed E-state index contributed by atoms with van der Waals surface area (Å²) in [5, 5.41) is 2.75. The molecule has 0 bridgehead atoms. The van der Waals surface area contributed by atoms with E-state index in [9.17, 15) is 9.18 Å². The number of carbonyl (C=O) groups excluding carboxylic acids is 1. The van der Waals surface area contributed by atoms with E-state index in [0.29, 0.717) is 32.0 Å². The Morgan fingerprint density at radius 2 is 1.88 bits per heavy atom. The average molecular weight is 440 g/mol. The molecular weight excluding hydrogens is 409 g/mol. The Morgan fingerprint density at radius 1 is 1.16 bits per heavy atom. The summed E-state index contributed by atoms with van der Waals surface area (Å²) < 4.78 is 20.2. The number of likely N-dealkylation sites (tertiary alicyclic amines) is 1. The van der Waals surface area contributed by atoms with Gasteiger partial charge < -0.3 is 25.6 Å². The van der Waals surface area contributed by atoms with Crippen LogP contribution in [0.4, 0.5) is 26.2 Å². The molecule has 2 aromatic carbocycles. The molecule has 7 nitrogen and oxygen atoms in total. The van der Waals surface area contributed by atoms with Gasteiger partial charge in [-0.25, -0.2) is 9.18 Å². The molecule has 2 saturated heterocycles. The van der Waals surface area contributed by atoms with Gasteiger partial charge in [0.15, 0.2) is 0 Å². The number of urea groups is 1. The van der Waals surface area contributed by atoms with E-state index in [1.165, 1.54) is 6.07 Å². The Bertz CT molecular complexity index is 1030. The number of anilines is 3. The lowest BCUT2D eigenvalue weighted by Crippen LogP contribution is -2.36. The molecule has 8 heteroatoms. The van der Waals surface area contributed by atoms with Crippen molar-refractivity contribution in [3.05, 3.63) is 41.2 Å². The van der Waals surface area contributed by atoms with Gasteiger partial charge in [-0.1, -0.05) is 0 Å². The van der Waals surface area contributed by atoms with E-state index in [2.05, 4.69) is 15.2 Å². The summed E-state index contributed by atoms with van der Waals surface area (Å²) in [7, 11) is 1.70. The number of hydrogen-bond donors (Lipinski definition) is 2. The van der Waals surface area contributed by atoms with Crippen LogP contribution in [0.2, 0.25) is 0 Å². The number of nitrogens with one attached hydrogen (secondary N) is 1. The fraction of sp³-hybridized carbons (Fsp3) is 0.417. The first-order chi connectivity index (χ1) is 15.5. The second kappa shape index (κ2) is 9.56. The SMILES string of the molecule is CN=Cc1cc(-c2cc(NC(=O)N3CCCC3)c(F)cc2C)cc(N2CCOCC2)c1N. The van der Waals surface area contributed by atoms with Gasteiger partial charge >= 0.3 is 6.03 Å². The van der Waals surface area contributed by atoms with Crippen molar-refractivity contribution in [3.63, 3.8) is 0 Å². The lowest BCUT2D eigenvalue weighted by atomic mass is 9.96. The third kappa shape index (κ3) is 4.55. The van der Waals surface area contributed by atoms with Crippen molar-refractivity contribution in [3.8, 4) is 11.1 Å². The van der Waals surface area contributed by atoms with Crippen LogP contribution in [0.1, 0.15) is 24.0 Å². The predicted molar refractivity (Wildman–Crippen MR) is 127 cm³/mol. The van der Waals surface area contributed by atoms with Gasteiger partial charge in [-0.2, -0.15) is 0 Å². The second-order valence-electron chi connectivity index (χ2n) is 8.26. The topological polar surface area (TPSA) is 83.2 Å².